The summed E-state index contributed by atoms with van der Waals surface area (Å²) in [6.45, 7) is 3.87. The molecule has 0 fully saturated rings. The van der Waals surface area contributed by atoms with Crippen LogP contribution in [-0.2, 0) is 0 Å². The molecule has 0 saturated heterocycles. The van der Waals surface area contributed by atoms with E-state index in [0.717, 1.165) is 28.8 Å². The van der Waals surface area contributed by atoms with E-state index in [4.69, 9.17) is 0 Å². The van der Waals surface area contributed by atoms with Gasteiger partial charge in [0.1, 0.15) is 0 Å². The van der Waals surface area contributed by atoms with Gasteiger partial charge in [-0.15, -0.1) is 0 Å². The Hall–Kier alpha value is -1.81. The molecule has 0 aliphatic heterocycles. The number of hydrogen-bond donors (Lipinski definition) is 1. The van der Waals surface area contributed by atoms with Crippen LogP contribution in [0.2, 0.25) is 0 Å². The van der Waals surface area contributed by atoms with Gasteiger partial charge < -0.3 is 5.32 Å². The molecule has 0 saturated carbocycles. The van der Waals surface area contributed by atoms with E-state index in [1.54, 1.807) is 7.05 Å². The number of aryl methyl sites for hydroxylation is 2. The number of halogens is 3. The normalized spacial score (nSPS) is 12.5. The molecule has 0 amide bonds. The molecule has 1 unspecified atom stereocenters. The van der Waals surface area contributed by atoms with Crippen LogP contribution in [-0.4, -0.2) is 7.05 Å². The Balaban J connectivity index is 2.55. The van der Waals surface area contributed by atoms with Gasteiger partial charge in [-0.1, -0.05) is 23.8 Å². The first kappa shape index (κ1) is 14.6. The summed E-state index contributed by atoms with van der Waals surface area (Å²) in [6, 6.07) is 7.54. The first-order chi connectivity index (χ1) is 9.43. The van der Waals surface area contributed by atoms with Crippen LogP contribution in [0.3, 0.4) is 0 Å². The molecule has 20 heavy (non-hydrogen) atoms. The molecule has 0 spiro atoms. The SMILES string of the molecule is CNC(c1cc(F)c(F)c(F)c1)c1cc(C)ccc1C. The maximum atomic E-state index is 13.4. The summed E-state index contributed by atoms with van der Waals surface area (Å²) in [5, 5.41) is 3.02. The van der Waals surface area contributed by atoms with E-state index in [1.807, 2.05) is 32.0 Å². The highest BCUT2D eigenvalue weighted by molar-refractivity contribution is 5.39. The molecule has 2 aromatic rings. The minimum absolute atomic E-state index is 0.359. The second kappa shape index (κ2) is 5.67. The maximum Gasteiger partial charge on any atom is 0.194 e. The third-order valence-corrected chi connectivity index (χ3v) is 3.37. The molecule has 106 valence electrons. The van der Waals surface area contributed by atoms with Crippen LogP contribution in [0.4, 0.5) is 13.2 Å². The van der Waals surface area contributed by atoms with Crippen molar-refractivity contribution in [1.82, 2.24) is 5.32 Å². The smallest absolute Gasteiger partial charge is 0.194 e. The molecule has 0 radical (unpaired) electrons. The summed E-state index contributed by atoms with van der Waals surface area (Å²) in [5.74, 6) is -3.79. The van der Waals surface area contributed by atoms with Gasteiger partial charge >= 0.3 is 0 Å². The van der Waals surface area contributed by atoms with Crippen LogP contribution < -0.4 is 5.32 Å². The monoisotopic (exact) mass is 279 g/mol. The van der Waals surface area contributed by atoms with E-state index in [-0.39, 0.29) is 6.04 Å². The summed E-state index contributed by atoms with van der Waals surface area (Å²) in [6.07, 6.45) is 0. The minimum atomic E-state index is -1.44. The quantitative estimate of drug-likeness (QED) is 0.836. The van der Waals surface area contributed by atoms with Crippen molar-refractivity contribution < 1.29 is 13.2 Å². The Morgan fingerprint density at radius 2 is 1.55 bits per heavy atom. The Kier molecular flexibility index (Phi) is 4.14. The number of hydrogen-bond acceptors (Lipinski definition) is 1. The fraction of sp³-hybridized carbons (Fsp3) is 0.250. The summed E-state index contributed by atoms with van der Waals surface area (Å²) >= 11 is 0. The summed E-state index contributed by atoms with van der Waals surface area (Å²) in [5.41, 5.74) is 3.32. The van der Waals surface area contributed by atoms with Crippen LogP contribution in [0.1, 0.15) is 28.3 Å². The van der Waals surface area contributed by atoms with E-state index < -0.39 is 17.5 Å². The Labute approximate surface area is 116 Å². The van der Waals surface area contributed by atoms with Crippen molar-refractivity contribution in [3.05, 3.63) is 70.0 Å². The molecular formula is C16H16F3N. The van der Waals surface area contributed by atoms with Gasteiger partial charge in [0.15, 0.2) is 17.5 Å². The fourth-order valence-corrected chi connectivity index (χ4v) is 2.31. The molecule has 1 N–H and O–H groups in total. The van der Waals surface area contributed by atoms with Crippen molar-refractivity contribution >= 4 is 0 Å². The second-order valence-electron chi connectivity index (χ2n) is 4.88. The first-order valence-corrected chi connectivity index (χ1v) is 6.33. The van der Waals surface area contributed by atoms with Gasteiger partial charge in [-0.05, 0) is 49.7 Å². The van der Waals surface area contributed by atoms with E-state index in [0.29, 0.717) is 5.56 Å². The van der Waals surface area contributed by atoms with Crippen LogP contribution in [0.25, 0.3) is 0 Å². The molecule has 0 bridgehead atoms. The molecule has 2 aromatic carbocycles. The highest BCUT2D eigenvalue weighted by atomic mass is 19.2. The molecule has 0 aliphatic rings. The number of rotatable bonds is 3. The van der Waals surface area contributed by atoms with Gasteiger partial charge in [-0.2, -0.15) is 0 Å². The van der Waals surface area contributed by atoms with Gasteiger partial charge in [-0.25, -0.2) is 13.2 Å². The minimum Gasteiger partial charge on any atom is -0.309 e. The Morgan fingerprint density at radius 3 is 2.10 bits per heavy atom. The van der Waals surface area contributed by atoms with Crippen molar-refractivity contribution in [2.24, 2.45) is 0 Å². The summed E-state index contributed by atoms with van der Waals surface area (Å²) in [4.78, 5) is 0. The van der Waals surface area contributed by atoms with Crippen LogP contribution in [0, 0.1) is 31.3 Å². The molecule has 1 nitrogen and oxygen atoms in total. The predicted octanol–water partition coefficient (Wildman–Crippen LogP) is 4.03. The van der Waals surface area contributed by atoms with Crippen molar-refractivity contribution in [2.45, 2.75) is 19.9 Å². The highest BCUT2D eigenvalue weighted by Gasteiger charge is 2.19. The van der Waals surface area contributed by atoms with Gasteiger partial charge in [0, 0.05) is 0 Å². The van der Waals surface area contributed by atoms with Crippen molar-refractivity contribution in [2.75, 3.05) is 7.05 Å². The predicted molar refractivity (Wildman–Crippen MR) is 73.1 cm³/mol. The largest absolute Gasteiger partial charge is 0.309 e. The molecule has 0 aliphatic carbocycles. The van der Waals surface area contributed by atoms with Crippen molar-refractivity contribution in [3.63, 3.8) is 0 Å². The molecule has 4 heteroatoms. The Morgan fingerprint density at radius 1 is 0.950 bits per heavy atom. The molecule has 0 aromatic heterocycles. The van der Waals surface area contributed by atoms with E-state index in [1.165, 1.54) is 0 Å². The average Bonchev–Trinajstić information content (AvgIpc) is 2.40. The zero-order chi connectivity index (χ0) is 14.9. The summed E-state index contributed by atoms with van der Waals surface area (Å²) < 4.78 is 39.8. The lowest BCUT2D eigenvalue weighted by Crippen LogP contribution is -2.19. The average molecular weight is 279 g/mol. The molecular weight excluding hydrogens is 263 g/mol. The van der Waals surface area contributed by atoms with Gasteiger partial charge in [0.25, 0.3) is 0 Å². The van der Waals surface area contributed by atoms with Gasteiger partial charge in [0.2, 0.25) is 0 Å². The first-order valence-electron chi connectivity index (χ1n) is 6.33. The van der Waals surface area contributed by atoms with E-state index in [9.17, 15) is 13.2 Å². The number of benzene rings is 2. The number of nitrogens with one attached hydrogen (secondary N) is 1. The molecule has 2 rings (SSSR count). The highest BCUT2D eigenvalue weighted by Crippen LogP contribution is 2.27. The topological polar surface area (TPSA) is 12.0 Å². The zero-order valence-corrected chi connectivity index (χ0v) is 11.6. The Bertz CT molecular complexity index is 615. The van der Waals surface area contributed by atoms with Crippen molar-refractivity contribution in [1.29, 1.82) is 0 Å². The second-order valence-corrected chi connectivity index (χ2v) is 4.88. The van der Waals surface area contributed by atoms with Crippen molar-refractivity contribution in [3.8, 4) is 0 Å². The van der Waals surface area contributed by atoms with Crippen LogP contribution in [0.15, 0.2) is 30.3 Å². The maximum absolute atomic E-state index is 13.4. The standard InChI is InChI=1S/C16H16F3N/c1-9-4-5-10(2)12(6-9)16(20-3)11-7-13(17)15(19)14(18)8-11/h4-8,16,20H,1-3H3. The lowest BCUT2D eigenvalue weighted by molar-refractivity contribution is 0.443. The lowest BCUT2D eigenvalue weighted by Gasteiger charge is -2.20. The summed E-state index contributed by atoms with van der Waals surface area (Å²) in [7, 11) is 1.70. The van der Waals surface area contributed by atoms with Gasteiger partial charge in [0.05, 0.1) is 6.04 Å². The van der Waals surface area contributed by atoms with Crippen LogP contribution >= 0.6 is 0 Å². The fourth-order valence-electron chi connectivity index (χ4n) is 2.31. The zero-order valence-electron chi connectivity index (χ0n) is 11.6. The van der Waals surface area contributed by atoms with Crippen LogP contribution in [0.5, 0.6) is 0 Å². The lowest BCUT2D eigenvalue weighted by atomic mass is 9.93. The van der Waals surface area contributed by atoms with E-state index >= 15 is 0 Å². The van der Waals surface area contributed by atoms with E-state index in [2.05, 4.69) is 5.32 Å². The third-order valence-electron chi connectivity index (χ3n) is 3.37. The molecule has 0 heterocycles. The van der Waals surface area contributed by atoms with Gasteiger partial charge in [-0.3, -0.25) is 0 Å². The third kappa shape index (κ3) is 2.70. The molecule has 1 atom stereocenters.